The standard InChI is InChI=1S/C7H11N3/c1-3-6-9-10(2)7-4-5-8/h3,6H,1,4,7H2,2H3. The van der Waals surface area contributed by atoms with Gasteiger partial charge in [0.25, 0.3) is 0 Å². The Hall–Kier alpha value is -1.30. The van der Waals surface area contributed by atoms with Gasteiger partial charge in [0.05, 0.1) is 12.5 Å². The first-order valence-electron chi connectivity index (χ1n) is 3.04. The van der Waals surface area contributed by atoms with E-state index in [4.69, 9.17) is 5.26 Å². The number of nitrogens with zero attached hydrogens (tertiary/aromatic N) is 3. The van der Waals surface area contributed by atoms with Gasteiger partial charge in [0.15, 0.2) is 0 Å². The highest BCUT2D eigenvalue weighted by Crippen LogP contribution is 1.84. The lowest BCUT2D eigenvalue weighted by atomic mass is 10.5. The van der Waals surface area contributed by atoms with Gasteiger partial charge in [0.2, 0.25) is 0 Å². The number of nitriles is 1. The molecule has 3 nitrogen and oxygen atoms in total. The second-order valence-corrected chi connectivity index (χ2v) is 1.79. The molecule has 3 heteroatoms. The Balaban J connectivity index is 3.44. The van der Waals surface area contributed by atoms with Gasteiger partial charge in [-0.1, -0.05) is 6.58 Å². The Morgan fingerprint density at radius 3 is 3.00 bits per heavy atom. The van der Waals surface area contributed by atoms with Gasteiger partial charge in [-0.3, -0.25) is 5.01 Å². The third kappa shape index (κ3) is 4.85. The van der Waals surface area contributed by atoms with Crippen LogP contribution in [-0.4, -0.2) is 24.8 Å². The van der Waals surface area contributed by atoms with Crippen molar-refractivity contribution in [3.63, 3.8) is 0 Å². The van der Waals surface area contributed by atoms with Crippen molar-refractivity contribution in [2.75, 3.05) is 13.6 Å². The van der Waals surface area contributed by atoms with Gasteiger partial charge in [0, 0.05) is 19.8 Å². The molecular weight excluding hydrogens is 126 g/mol. The molecule has 0 saturated carbocycles. The zero-order valence-electron chi connectivity index (χ0n) is 6.12. The molecule has 0 fully saturated rings. The van der Waals surface area contributed by atoms with E-state index in [1.165, 1.54) is 0 Å². The maximum atomic E-state index is 8.19. The normalized spacial score (nSPS) is 9.20. The molecule has 0 atom stereocenters. The Kier molecular flexibility index (Phi) is 5.07. The summed E-state index contributed by atoms with van der Waals surface area (Å²) in [6, 6.07) is 2.03. The molecule has 0 aliphatic rings. The summed E-state index contributed by atoms with van der Waals surface area (Å²) in [5.41, 5.74) is 0. The first kappa shape index (κ1) is 8.70. The zero-order chi connectivity index (χ0) is 7.82. The number of allylic oxidation sites excluding steroid dienone is 1. The molecule has 0 bridgehead atoms. The van der Waals surface area contributed by atoms with E-state index in [9.17, 15) is 0 Å². The van der Waals surface area contributed by atoms with Crippen LogP contribution in [0.2, 0.25) is 0 Å². The van der Waals surface area contributed by atoms with Crippen molar-refractivity contribution in [2.45, 2.75) is 6.42 Å². The molecule has 0 aromatic rings. The Morgan fingerprint density at radius 2 is 2.50 bits per heavy atom. The maximum absolute atomic E-state index is 8.19. The van der Waals surface area contributed by atoms with E-state index in [-0.39, 0.29) is 0 Å². The van der Waals surface area contributed by atoms with Crippen molar-refractivity contribution in [2.24, 2.45) is 5.10 Å². The van der Waals surface area contributed by atoms with Crippen LogP contribution in [0.15, 0.2) is 17.8 Å². The molecule has 0 aromatic heterocycles. The van der Waals surface area contributed by atoms with Crippen molar-refractivity contribution in [1.82, 2.24) is 5.01 Å². The number of hydrogen-bond acceptors (Lipinski definition) is 3. The van der Waals surface area contributed by atoms with E-state index in [0.717, 1.165) is 0 Å². The number of hydrogen-bond donors (Lipinski definition) is 0. The molecule has 0 heterocycles. The van der Waals surface area contributed by atoms with Crippen LogP contribution in [0, 0.1) is 11.3 Å². The predicted molar refractivity (Wildman–Crippen MR) is 41.5 cm³/mol. The second-order valence-electron chi connectivity index (χ2n) is 1.79. The molecule has 0 spiro atoms. The average Bonchev–Trinajstić information content (AvgIpc) is 1.97. The average molecular weight is 137 g/mol. The smallest absolute Gasteiger partial charge is 0.0641 e. The van der Waals surface area contributed by atoms with Crippen LogP contribution in [-0.2, 0) is 0 Å². The molecule has 0 unspecified atom stereocenters. The molecular formula is C7H11N3. The quantitative estimate of drug-likeness (QED) is 0.428. The Morgan fingerprint density at radius 1 is 1.80 bits per heavy atom. The summed E-state index contributed by atoms with van der Waals surface area (Å²) in [7, 11) is 1.82. The molecule has 0 amide bonds. The van der Waals surface area contributed by atoms with Crippen LogP contribution in [0.25, 0.3) is 0 Å². The fraction of sp³-hybridized carbons (Fsp3) is 0.429. The summed E-state index contributed by atoms with van der Waals surface area (Å²) in [5.74, 6) is 0. The van der Waals surface area contributed by atoms with Gasteiger partial charge in [-0.15, -0.1) is 0 Å². The highest BCUT2D eigenvalue weighted by Gasteiger charge is 1.87. The van der Waals surface area contributed by atoms with E-state index in [1.54, 1.807) is 17.3 Å². The lowest BCUT2D eigenvalue weighted by Gasteiger charge is -2.07. The van der Waals surface area contributed by atoms with E-state index in [0.29, 0.717) is 13.0 Å². The molecule has 0 aliphatic carbocycles. The molecule has 0 rings (SSSR count). The molecule has 10 heavy (non-hydrogen) atoms. The first-order chi connectivity index (χ1) is 4.81. The van der Waals surface area contributed by atoms with Crippen LogP contribution in [0.5, 0.6) is 0 Å². The summed E-state index contributed by atoms with van der Waals surface area (Å²) in [6.45, 7) is 4.14. The Bertz CT molecular complexity index is 155. The Labute approximate surface area is 61.3 Å². The van der Waals surface area contributed by atoms with Crippen LogP contribution in [0.3, 0.4) is 0 Å². The monoisotopic (exact) mass is 137 g/mol. The third-order valence-electron chi connectivity index (χ3n) is 0.916. The van der Waals surface area contributed by atoms with Crippen molar-refractivity contribution in [3.8, 4) is 6.07 Å². The fourth-order valence-electron chi connectivity index (χ4n) is 0.430. The highest BCUT2D eigenvalue weighted by atomic mass is 15.4. The van der Waals surface area contributed by atoms with Gasteiger partial charge in [-0.05, 0) is 6.08 Å². The zero-order valence-corrected chi connectivity index (χ0v) is 6.12. The van der Waals surface area contributed by atoms with Crippen LogP contribution >= 0.6 is 0 Å². The van der Waals surface area contributed by atoms with Crippen molar-refractivity contribution >= 4 is 6.21 Å². The van der Waals surface area contributed by atoms with E-state index in [1.807, 2.05) is 13.1 Å². The first-order valence-corrected chi connectivity index (χ1v) is 3.04. The van der Waals surface area contributed by atoms with Gasteiger partial charge in [0.1, 0.15) is 0 Å². The maximum Gasteiger partial charge on any atom is 0.0641 e. The third-order valence-corrected chi connectivity index (χ3v) is 0.916. The van der Waals surface area contributed by atoms with E-state index >= 15 is 0 Å². The SMILES string of the molecule is C=CC=NN(C)CCC#N. The summed E-state index contributed by atoms with van der Waals surface area (Å²) >= 11 is 0. The summed E-state index contributed by atoms with van der Waals surface area (Å²) in [4.78, 5) is 0. The van der Waals surface area contributed by atoms with Crippen LogP contribution in [0.1, 0.15) is 6.42 Å². The number of hydrazone groups is 1. The minimum absolute atomic E-state index is 0.505. The van der Waals surface area contributed by atoms with Crippen molar-refractivity contribution in [3.05, 3.63) is 12.7 Å². The largest absolute Gasteiger partial charge is 0.299 e. The molecule has 54 valence electrons. The van der Waals surface area contributed by atoms with Gasteiger partial charge in [-0.25, -0.2) is 0 Å². The molecule has 0 radical (unpaired) electrons. The minimum Gasteiger partial charge on any atom is -0.299 e. The highest BCUT2D eigenvalue weighted by molar-refractivity contribution is 5.69. The lowest BCUT2D eigenvalue weighted by molar-refractivity contribution is 0.365. The number of rotatable bonds is 4. The molecule has 0 N–H and O–H groups in total. The summed E-state index contributed by atoms with van der Waals surface area (Å²) in [6.07, 6.45) is 3.70. The summed E-state index contributed by atoms with van der Waals surface area (Å²) in [5, 5.41) is 13.8. The molecule has 0 aromatic carbocycles. The second kappa shape index (κ2) is 5.83. The van der Waals surface area contributed by atoms with Crippen LogP contribution < -0.4 is 0 Å². The molecule has 0 saturated heterocycles. The van der Waals surface area contributed by atoms with E-state index in [2.05, 4.69) is 11.7 Å². The molecule has 0 aliphatic heterocycles. The topological polar surface area (TPSA) is 39.4 Å². The predicted octanol–water partition coefficient (Wildman–Crippen LogP) is 1.00. The fourth-order valence-corrected chi connectivity index (χ4v) is 0.430. The van der Waals surface area contributed by atoms with Crippen molar-refractivity contribution in [1.29, 1.82) is 5.26 Å². The van der Waals surface area contributed by atoms with Gasteiger partial charge in [-0.2, -0.15) is 10.4 Å². The van der Waals surface area contributed by atoms with Gasteiger partial charge < -0.3 is 0 Å². The van der Waals surface area contributed by atoms with Crippen molar-refractivity contribution < 1.29 is 0 Å². The van der Waals surface area contributed by atoms with Gasteiger partial charge >= 0.3 is 0 Å². The minimum atomic E-state index is 0.505. The van der Waals surface area contributed by atoms with E-state index < -0.39 is 0 Å². The lowest BCUT2D eigenvalue weighted by Crippen LogP contribution is -2.11. The summed E-state index contributed by atoms with van der Waals surface area (Å²) < 4.78 is 0. The van der Waals surface area contributed by atoms with Crippen LogP contribution in [0.4, 0.5) is 0 Å².